The number of hydrogen-bond acceptors (Lipinski definition) is 0. The Labute approximate surface area is 84.0 Å². The van der Waals surface area contributed by atoms with Gasteiger partial charge in [-0.1, -0.05) is 44.2 Å². The Balaban J connectivity index is 4.53. The van der Waals surface area contributed by atoms with Crippen LogP contribution in [0.15, 0.2) is 0 Å². The second-order valence-corrected chi connectivity index (χ2v) is 18.3. The molecule has 0 spiro atoms. The Hall–Kier alpha value is 1.03. The Morgan fingerprint density at radius 1 is 1.08 bits per heavy atom. The van der Waals surface area contributed by atoms with Crippen LogP contribution in [0, 0.1) is 0 Å². The van der Waals surface area contributed by atoms with Crippen LogP contribution in [0.1, 0.15) is 0 Å². The summed E-state index contributed by atoms with van der Waals surface area (Å²) in [5, 5.41) is 0.723. The molecule has 0 aromatic rings. The average molecular weight is 236 g/mol. The molecule has 4 heteroatoms. The van der Waals surface area contributed by atoms with Crippen molar-refractivity contribution in [3.63, 3.8) is 0 Å². The lowest BCUT2D eigenvalue weighted by Gasteiger charge is -2.32. The first-order chi connectivity index (χ1) is 5.07. The van der Waals surface area contributed by atoms with Crippen LogP contribution >= 0.6 is 18.1 Å². The summed E-state index contributed by atoms with van der Waals surface area (Å²) in [6.07, 6.45) is 0. The quantitative estimate of drug-likeness (QED) is 0.521. The molecule has 0 radical (unpaired) electrons. The minimum Gasteiger partial charge on any atom is -0.133 e. The molecule has 0 aliphatic rings. The lowest BCUT2D eigenvalue weighted by Crippen LogP contribution is -2.48. The summed E-state index contributed by atoms with van der Waals surface area (Å²) in [7, 11) is 4.75. The van der Waals surface area contributed by atoms with Gasteiger partial charge in [-0.05, 0) is 5.28 Å². The molecule has 0 amide bonds. The van der Waals surface area contributed by atoms with Crippen molar-refractivity contribution in [1.82, 2.24) is 0 Å². The van der Waals surface area contributed by atoms with Crippen LogP contribution in [0.5, 0.6) is 0 Å². The third kappa shape index (κ3) is 3.83. The van der Waals surface area contributed by atoms with Crippen LogP contribution in [0.3, 0.4) is 0 Å². The highest BCUT2D eigenvalue weighted by molar-refractivity contribution is 7.45. The molecule has 0 aliphatic carbocycles. The molecule has 0 rings (SSSR count). The topological polar surface area (TPSA) is 0 Å². The first-order valence-corrected chi connectivity index (χ1v) is 12.7. The lowest BCUT2D eigenvalue weighted by molar-refractivity contribution is 1.55. The zero-order chi connectivity index (χ0) is 10.2. The maximum absolute atomic E-state index is 3.84. The fourth-order valence-electron chi connectivity index (χ4n) is 0.900. The molecule has 0 fully saturated rings. The van der Waals surface area contributed by atoms with Crippen molar-refractivity contribution in [1.29, 1.82) is 0 Å². The van der Waals surface area contributed by atoms with Crippen molar-refractivity contribution in [2.24, 2.45) is 0 Å². The number of rotatable bonds is 3. The molecule has 0 saturated heterocycles. The SMILES string of the molecule is C[Si](C)(C)C(=P)C(P)[Si](C)(C)C. The smallest absolute Gasteiger partial charge is 0.0779 e. The van der Waals surface area contributed by atoms with Crippen molar-refractivity contribution in [3.05, 3.63) is 0 Å². The van der Waals surface area contributed by atoms with Crippen LogP contribution in [-0.2, 0) is 0 Å². The molecule has 0 aromatic carbocycles. The molecule has 0 nitrogen and oxygen atoms in total. The van der Waals surface area contributed by atoms with Crippen LogP contribution in [0.4, 0.5) is 0 Å². The molecular formula is C8H22P2Si2. The van der Waals surface area contributed by atoms with E-state index in [9.17, 15) is 0 Å². The third-order valence-electron chi connectivity index (χ3n) is 2.05. The van der Waals surface area contributed by atoms with Gasteiger partial charge in [-0.25, -0.2) is 0 Å². The van der Waals surface area contributed by atoms with E-state index in [1.54, 1.807) is 4.92 Å². The highest BCUT2D eigenvalue weighted by Gasteiger charge is 2.31. The van der Waals surface area contributed by atoms with E-state index < -0.39 is 16.1 Å². The second-order valence-electron chi connectivity index (χ2n) is 5.51. The zero-order valence-corrected chi connectivity index (χ0v) is 13.3. The zero-order valence-electron chi connectivity index (χ0n) is 9.15. The molecule has 0 saturated carbocycles. The van der Waals surface area contributed by atoms with Gasteiger partial charge < -0.3 is 0 Å². The average Bonchev–Trinajstić information content (AvgIpc) is 1.80. The Morgan fingerprint density at radius 2 is 1.42 bits per heavy atom. The van der Waals surface area contributed by atoms with Crippen LogP contribution < -0.4 is 0 Å². The van der Waals surface area contributed by atoms with Crippen molar-refractivity contribution in [2.75, 3.05) is 0 Å². The van der Waals surface area contributed by atoms with Gasteiger partial charge in [-0.15, -0.1) is 18.1 Å². The summed E-state index contributed by atoms with van der Waals surface area (Å²) in [6.45, 7) is 14.5. The van der Waals surface area contributed by atoms with E-state index in [4.69, 9.17) is 0 Å². The van der Waals surface area contributed by atoms with Crippen molar-refractivity contribution < 1.29 is 0 Å². The van der Waals surface area contributed by atoms with Gasteiger partial charge in [0, 0.05) is 0 Å². The fourth-order valence-corrected chi connectivity index (χ4v) is 8.10. The fraction of sp³-hybridized carbons (Fsp3) is 0.875. The van der Waals surface area contributed by atoms with E-state index >= 15 is 0 Å². The summed E-state index contributed by atoms with van der Waals surface area (Å²) >= 11 is 0. The molecule has 0 bridgehead atoms. The van der Waals surface area contributed by atoms with Crippen LogP contribution in [0.2, 0.25) is 39.3 Å². The van der Waals surface area contributed by atoms with Crippen molar-refractivity contribution in [2.45, 2.75) is 44.6 Å². The first kappa shape index (κ1) is 13.0. The molecule has 2 atom stereocenters. The lowest BCUT2D eigenvalue weighted by atomic mass is 10.9. The second kappa shape index (κ2) is 4.04. The van der Waals surface area contributed by atoms with E-state index in [0.29, 0.717) is 0 Å². The predicted octanol–water partition coefficient (Wildman–Crippen LogP) is 3.30. The molecular weight excluding hydrogens is 214 g/mol. The minimum absolute atomic E-state index is 0.723. The summed E-state index contributed by atoms with van der Waals surface area (Å²) in [5.74, 6) is 0. The molecule has 0 aliphatic heterocycles. The third-order valence-corrected chi connectivity index (χ3v) is 13.3. The van der Waals surface area contributed by atoms with Gasteiger partial charge in [0.15, 0.2) is 0 Å². The van der Waals surface area contributed by atoms with E-state index in [1.807, 2.05) is 0 Å². The molecule has 0 aromatic heterocycles. The molecule has 2 unspecified atom stereocenters. The van der Waals surface area contributed by atoms with Gasteiger partial charge >= 0.3 is 0 Å². The minimum atomic E-state index is -1.09. The molecule has 12 heavy (non-hydrogen) atoms. The molecule has 0 heterocycles. The summed E-state index contributed by atoms with van der Waals surface area (Å²) in [4.78, 5) is 1.58. The van der Waals surface area contributed by atoms with Gasteiger partial charge in [-0.2, -0.15) is 0 Å². The Morgan fingerprint density at radius 3 is 1.50 bits per heavy atom. The van der Waals surface area contributed by atoms with Crippen molar-refractivity contribution >= 4 is 39.2 Å². The Bertz CT molecular complexity index is 176. The summed E-state index contributed by atoms with van der Waals surface area (Å²) in [6, 6.07) is 0. The van der Waals surface area contributed by atoms with Crippen LogP contribution in [0.25, 0.3) is 0 Å². The summed E-state index contributed by atoms with van der Waals surface area (Å²) in [5.41, 5.74) is 0. The highest BCUT2D eigenvalue weighted by Crippen LogP contribution is 2.23. The van der Waals surface area contributed by atoms with Crippen molar-refractivity contribution in [3.8, 4) is 0 Å². The van der Waals surface area contributed by atoms with E-state index in [2.05, 4.69) is 57.4 Å². The maximum Gasteiger partial charge on any atom is 0.0779 e. The van der Waals surface area contributed by atoms with Crippen LogP contribution in [-0.4, -0.2) is 26.3 Å². The molecule has 72 valence electrons. The van der Waals surface area contributed by atoms with E-state index in [1.165, 1.54) is 0 Å². The van der Waals surface area contributed by atoms with Gasteiger partial charge in [0.25, 0.3) is 0 Å². The van der Waals surface area contributed by atoms with Gasteiger partial charge in [-0.3, -0.25) is 0 Å². The Kier molecular flexibility index (Phi) is 4.39. The summed E-state index contributed by atoms with van der Waals surface area (Å²) < 4.78 is 0. The highest BCUT2D eigenvalue weighted by atomic mass is 31.0. The van der Waals surface area contributed by atoms with E-state index in [0.717, 1.165) is 5.28 Å². The molecule has 0 N–H and O–H groups in total. The van der Waals surface area contributed by atoms with E-state index in [-0.39, 0.29) is 0 Å². The maximum atomic E-state index is 3.84. The van der Waals surface area contributed by atoms with Gasteiger partial charge in [0.05, 0.1) is 16.1 Å². The predicted molar refractivity (Wildman–Crippen MR) is 73.5 cm³/mol. The first-order valence-electron chi connectivity index (χ1n) is 4.41. The standard InChI is InChI=1S/C8H22P2Si2/c1-11(2,3)7(9)8(10)12(4,5)6/h7,10H,9H2,1-6H3. The normalized spacial score (nSPS) is 15.9. The van der Waals surface area contributed by atoms with Gasteiger partial charge in [0.1, 0.15) is 0 Å². The number of hydrogen-bond donors (Lipinski definition) is 0. The largest absolute Gasteiger partial charge is 0.133 e. The monoisotopic (exact) mass is 236 g/mol. The van der Waals surface area contributed by atoms with Gasteiger partial charge in [0.2, 0.25) is 0 Å².